The van der Waals surface area contributed by atoms with Crippen molar-refractivity contribution in [2.45, 2.75) is 11.7 Å². The molecule has 0 saturated carbocycles. The summed E-state index contributed by atoms with van der Waals surface area (Å²) in [6.45, 7) is 0. The van der Waals surface area contributed by atoms with Crippen LogP contribution in [0.3, 0.4) is 0 Å². The van der Waals surface area contributed by atoms with Crippen LogP contribution < -0.4 is 0 Å². The van der Waals surface area contributed by atoms with Gasteiger partial charge in [0.1, 0.15) is 5.04 Å². The van der Waals surface area contributed by atoms with E-state index in [1.165, 1.54) is 11.8 Å². The minimum absolute atomic E-state index is 0.0654. The summed E-state index contributed by atoms with van der Waals surface area (Å²) in [5, 5.41) is 12.0. The number of aliphatic imine (C=N–C) groups is 1. The first-order valence-corrected chi connectivity index (χ1v) is 8.25. The predicted molar refractivity (Wildman–Crippen MR) is 88.5 cm³/mol. The van der Waals surface area contributed by atoms with E-state index in [1.807, 2.05) is 47.8 Å². The van der Waals surface area contributed by atoms with Crippen molar-refractivity contribution in [2.75, 3.05) is 0 Å². The summed E-state index contributed by atoms with van der Waals surface area (Å²) in [5.74, 6) is -0.0654. The highest BCUT2D eigenvalue weighted by Gasteiger charge is 2.31. The van der Waals surface area contributed by atoms with Crippen molar-refractivity contribution in [1.29, 1.82) is 0 Å². The van der Waals surface area contributed by atoms with Crippen molar-refractivity contribution < 1.29 is 9.90 Å². The van der Waals surface area contributed by atoms with Gasteiger partial charge in [0.05, 0.1) is 22.8 Å². The average molecular weight is 315 g/mol. The first-order valence-electron chi connectivity index (χ1n) is 6.49. The van der Waals surface area contributed by atoms with Crippen LogP contribution in [0.2, 0.25) is 0 Å². The number of Topliss-reactive ketones (excluding diaryl/α,β-unsaturated/α-hetero) is 1. The average Bonchev–Trinajstić information content (AvgIpc) is 3.02. The molecule has 1 N–H and O–H groups in total. The zero-order valence-corrected chi connectivity index (χ0v) is 12.7. The topological polar surface area (TPSA) is 49.7 Å². The summed E-state index contributed by atoms with van der Waals surface area (Å²) in [7, 11) is 0. The SMILES string of the molecule is O=C1CC(c2cccs2)SC(=Nc2ccccc2)/C1=C\O. The van der Waals surface area contributed by atoms with Gasteiger partial charge in [-0.1, -0.05) is 36.0 Å². The van der Waals surface area contributed by atoms with Crippen LogP contribution in [0.5, 0.6) is 0 Å². The molecule has 0 radical (unpaired) electrons. The molecule has 0 aliphatic carbocycles. The fraction of sp³-hybridized carbons (Fsp3) is 0.125. The Kier molecular flexibility index (Phi) is 4.22. The number of aliphatic hydroxyl groups is 1. The maximum Gasteiger partial charge on any atom is 0.170 e. The zero-order valence-electron chi connectivity index (χ0n) is 11.1. The lowest BCUT2D eigenvalue weighted by atomic mass is 10.1. The fourth-order valence-electron chi connectivity index (χ4n) is 2.10. The summed E-state index contributed by atoms with van der Waals surface area (Å²) in [6, 6.07) is 13.5. The van der Waals surface area contributed by atoms with Gasteiger partial charge < -0.3 is 5.11 Å². The van der Waals surface area contributed by atoms with E-state index in [0.717, 1.165) is 16.8 Å². The molecule has 1 unspecified atom stereocenters. The second kappa shape index (κ2) is 6.28. The first kappa shape index (κ1) is 14.1. The van der Waals surface area contributed by atoms with Gasteiger partial charge in [0.15, 0.2) is 5.78 Å². The van der Waals surface area contributed by atoms with Gasteiger partial charge >= 0.3 is 0 Å². The highest BCUT2D eigenvalue weighted by molar-refractivity contribution is 8.15. The Bertz CT molecular complexity index is 690. The summed E-state index contributed by atoms with van der Waals surface area (Å²) < 4.78 is 0. The molecule has 1 atom stereocenters. The number of ketones is 1. The van der Waals surface area contributed by atoms with Crippen LogP contribution in [-0.2, 0) is 4.79 Å². The number of carbonyl (C=O) groups is 1. The lowest BCUT2D eigenvalue weighted by molar-refractivity contribution is -0.115. The number of aliphatic hydroxyl groups excluding tert-OH is 1. The Hall–Kier alpha value is -1.85. The molecule has 0 spiro atoms. The smallest absolute Gasteiger partial charge is 0.170 e. The second-order valence-corrected chi connectivity index (χ2v) is 6.72. The molecular weight excluding hydrogens is 302 g/mol. The highest BCUT2D eigenvalue weighted by atomic mass is 32.2. The molecule has 1 aliphatic heterocycles. The van der Waals surface area contributed by atoms with E-state index in [1.54, 1.807) is 11.3 Å². The number of nitrogens with zero attached hydrogens (tertiary/aromatic N) is 1. The normalized spacial score (nSPS) is 22.9. The van der Waals surface area contributed by atoms with Gasteiger partial charge in [-0.15, -0.1) is 11.3 Å². The number of benzene rings is 1. The van der Waals surface area contributed by atoms with Gasteiger partial charge in [0.25, 0.3) is 0 Å². The number of hydrogen-bond acceptors (Lipinski definition) is 5. The summed E-state index contributed by atoms with van der Waals surface area (Å²) in [5.41, 5.74) is 1.08. The van der Waals surface area contributed by atoms with Crippen LogP contribution in [-0.4, -0.2) is 15.9 Å². The Morgan fingerprint density at radius 1 is 1.19 bits per heavy atom. The Labute approximate surface area is 131 Å². The molecule has 2 heterocycles. The van der Waals surface area contributed by atoms with E-state index in [-0.39, 0.29) is 11.0 Å². The zero-order chi connectivity index (χ0) is 14.7. The number of thiophene rings is 1. The maximum atomic E-state index is 12.2. The Balaban J connectivity index is 1.95. The van der Waals surface area contributed by atoms with Crippen molar-refractivity contribution in [3.8, 4) is 0 Å². The van der Waals surface area contributed by atoms with Crippen molar-refractivity contribution in [3.63, 3.8) is 0 Å². The van der Waals surface area contributed by atoms with E-state index in [0.29, 0.717) is 17.0 Å². The number of para-hydroxylation sites is 1. The van der Waals surface area contributed by atoms with Gasteiger partial charge in [0, 0.05) is 11.3 Å². The third-order valence-corrected chi connectivity index (χ3v) is 5.51. The van der Waals surface area contributed by atoms with E-state index in [9.17, 15) is 9.90 Å². The summed E-state index contributed by atoms with van der Waals surface area (Å²) in [4.78, 5) is 17.9. The number of carbonyl (C=O) groups excluding carboxylic acids is 1. The molecule has 1 aromatic heterocycles. The Morgan fingerprint density at radius 3 is 2.67 bits per heavy atom. The third kappa shape index (κ3) is 3.09. The van der Waals surface area contributed by atoms with Gasteiger partial charge in [-0.2, -0.15) is 0 Å². The minimum atomic E-state index is -0.0654. The number of thioether (sulfide) groups is 1. The molecular formula is C16H13NO2S2. The molecule has 2 aromatic rings. The van der Waals surface area contributed by atoms with E-state index in [4.69, 9.17) is 0 Å². The molecule has 5 heteroatoms. The lowest BCUT2D eigenvalue weighted by Crippen LogP contribution is -2.20. The number of rotatable bonds is 2. The van der Waals surface area contributed by atoms with E-state index in [2.05, 4.69) is 4.99 Å². The number of hydrogen-bond donors (Lipinski definition) is 1. The molecule has 1 aromatic carbocycles. The molecule has 3 nitrogen and oxygen atoms in total. The van der Waals surface area contributed by atoms with Crippen LogP contribution in [0.1, 0.15) is 16.5 Å². The minimum Gasteiger partial charge on any atom is -0.515 e. The third-order valence-electron chi connectivity index (χ3n) is 3.13. The largest absolute Gasteiger partial charge is 0.515 e. The van der Waals surface area contributed by atoms with Crippen LogP contribution in [0, 0.1) is 0 Å². The van der Waals surface area contributed by atoms with E-state index < -0.39 is 0 Å². The maximum absolute atomic E-state index is 12.2. The molecule has 1 fully saturated rings. The first-order chi connectivity index (χ1) is 10.3. The quantitative estimate of drug-likeness (QED) is 0.647. The van der Waals surface area contributed by atoms with Gasteiger partial charge in [-0.05, 0) is 23.6 Å². The molecule has 1 aliphatic rings. The van der Waals surface area contributed by atoms with Gasteiger partial charge in [0.2, 0.25) is 0 Å². The van der Waals surface area contributed by atoms with Gasteiger partial charge in [-0.3, -0.25) is 4.79 Å². The monoisotopic (exact) mass is 315 g/mol. The molecule has 0 amide bonds. The predicted octanol–water partition coefficient (Wildman–Crippen LogP) is 4.67. The van der Waals surface area contributed by atoms with Crippen LogP contribution in [0.15, 0.2) is 64.7 Å². The highest BCUT2D eigenvalue weighted by Crippen LogP contribution is 2.42. The summed E-state index contributed by atoms with van der Waals surface area (Å²) in [6.07, 6.45) is 1.27. The fourth-order valence-corrected chi connectivity index (χ4v) is 4.27. The Morgan fingerprint density at radius 2 is 2.00 bits per heavy atom. The van der Waals surface area contributed by atoms with Crippen LogP contribution >= 0.6 is 23.1 Å². The molecule has 3 rings (SSSR count). The van der Waals surface area contributed by atoms with Crippen molar-refractivity contribution >= 4 is 39.6 Å². The lowest BCUT2D eigenvalue weighted by Gasteiger charge is -2.22. The van der Waals surface area contributed by atoms with Crippen molar-refractivity contribution in [3.05, 3.63) is 64.6 Å². The second-order valence-electron chi connectivity index (χ2n) is 4.54. The van der Waals surface area contributed by atoms with Gasteiger partial charge in [-0.25, -0.2) is 4.99 Å². The standard InChI is InChI=1S/C16H13NO2S2/c18-10-12-13(19)9-15(14-7-4-8-20-14)21-16(12)17-11-5-2-1-3-6-11/h1-8,10,15,18H,9H2/b12-10-,17-16?. The van der Waals surface area contributed by atoms with E-state index >= 15 is 0 Å². The summed E-state index contributed by atoms with van der Waals surface area (Å²) >= 11 is 3.17. The van der Waals surface area contributed by atoms with Crippen molar-refractivity contribution in [1.82, 2.24) is 0 Å². The molecule has 1 saturated heterocycles. The van der Waals surface area contributed by atoms with Crippen LogP contribution in [0.25, 0.3) is 0 Å². The molecule has 106 valence electrons. The van der Waals surface area contributed by atoms with Crippen molar-refractivity contribution in [2.24, 2.45) is 4.99 Å². The molecule has 0 bridgehead atoms. The van der Waals surface area contributed by atoms with Crippen LogP contribution in [0.4, 0.5) is 5.69 Å². The molecule has 21 heavy (non-hydrogen) atoms.